The third-order valence-corrected chi connectivity index (χ3v) is 1.74. The summed E-state index contributed by atoms with van der Waals surface area (Å²) in [7, 11) is 0. The lowest BCUT2D eigenvalue weighted by molar-refractivity contribution is 0.626. The normalized spacial score (nSPS) is 12.1. The number of hydrogen-bond donors (Lipinski definition) is 0. The van der Waals surface area contributed by atoms with Crippen LogP contribution in [0.15, 0.2) is 24.3 Å². The second-order valence-electron chi connectivity index (χ2n) is 2.90. The lowest BCUT2D eigenvalue weighted by atomic mass is 10.0. The van der Waals surface area contributed by atoms with Crippen molar-refractivity contribution in [2.24, 2.45) is 5.92 Å². The van der Waals surface area contributed by atoms with Crippen LogP contribution in [-0.2, 0) is 6.42 Å². The van der Waals surface area contributed by atoms with Gasteiger partial charge in [-0.05, 0) is 24.1 Å². The maximum absolute atomic E-state index is 12.5. The fourth-order valence-electron chi connectivity index (χ4n) is 1.03. The molecular formula is C11H11F. The smallest absolute Gasteiger partial charge is 0.123 e. The largest absolute Gasteiger partial charge is 0.207 e. The van der Waals surface area contributed by atoms with Crippen LogP contribution >= 0.6 is 0 Å². The summed E-state index contributed by atoms with van der Waals surface area (Å²) >= 11 is 0. The summed E-state index contributed by atoms with van der Waals surface area (Å²) < 4.78 is 12.5. The Morgan fingerprint density at radius 3 is 2.50 bits per heavy atom. The van der Waals surface area contributed by atoms with Crippen molar-refractivity contribution in [2.75, 3.05) is 0 Å². The highest BCUT2D eigenvalue weighted by Gasteiger charge is 1.98. The summed E-state index contributed by atoms with van der Waals surface area (Å²) in [5.74, 6) is 2.65. The first-order valence-electron chi connectivity index (χ1n) is 3.93. The minimum absolute atomic E-state index is 0.202. The van der Waals surface area contributed by atoms with Gasteiger partial charge in [-0.1, -0.05) is 19.1 Å². The Bertz CT molecular complexity index is 279. The molecule has 1 aromatic carbocycles. The standard InChI is InChI=1S/C11H11F/c1-3-9(2)8-10-4-6-11(12)7-5-10/h1,4-7,9H,8H2,2H3. The van der Waals surface area contributed by atoms with Crippen LogP contribution in [0.4, 0.5) is 4.39 Å². The van der Waals surface area contributed by atoms with Crippen molar-refractivity contribution in [2.45, 2.75) is 13.3 Å². The van der Waals surface area contributed by atoms with E-state index in [2.05, 4.69) is 5.92 Å². The van der Waals surface area contributed by atoms with Gasteiger partial charge in [0.25, 0.3) is 0 Å². The van der Waals surface area contributed by atoms with Crippen LogP contribution in [0.1, 0.15) is 12.5 Å². The van der Waals surface area contributed by atoms with Gasteiger partial charge in [0.15, 0.2) is 0 Å². The zero-order chi connectivity index (χ0) is 8.97. The van der Waals surface area contributed by atoms with E-state index in [0.717, 1.165) is 12.0 Å². The van der Waals surface area contributed by atoms with Crippen LogP contribution in [0.5, 0.6) is 0 Å². The quantitative estimate of drug-likeness (QED) is 0.586. The highest BCUT2D eigenvalue weighted by molar-refractivity contribution is 5.17. The first kappa shape index (κ1) is 8.80. The Morgan fingerprint density at radius 2 is 2.00 bits per heavy atom. The van der Waals surface area contributed by atoms with E-state index >= 15 is 0 Å². The van der Waals surface area contributed by atoms with Gasteiger partial charge >= 0.3 is 0 Å². The zero-order valence-corrected chi connectivity index (χ0v) is 7.05. The van der Waals surface area contributed by atoms with Gasteiger partial charge in [0.2, 0.25) is 0 Å². The van der Waals surface area contributed by atoms with E-state index in [1.165, 1.54) is 12.1 Å². The molecule has 0 aliphatic rings. The molecule has 1 rings (SSSR count). The Labute approximate surface area is 72.4 Å². The lowest BCUT2D eigenvalue weighted by Gasteiger charge is -2.02. The molecule has 0 saturated carbocycles. The minimum Gasteiger partial charge on any atom is -0.207 e. The minimum atomic E-state index is -0.202. The van der Waals surface area contributed by atoms with E-state index < -0.39 is 0 Å². The van der Waals surface area contributed by atoms with Gasteiger partial charge in [0, 0.05) is 5.92 Å². The van der Waals surface area contributed by atoms with Crippen LogP contribution in [-0.4, -0.2) is 0 Å². The highest BCUT2D eigenvalue weighted by Crippen LogP contribution is 2.08. The van der Waals surface area contributed by atoms with Crippen LogP contribution in [0.3, 0.4) is 0 Å². The lowest BCUT2D eigenvalue weighted by Crippen LogP contribution is -1.95. The summed E-state index contributed by atoms with van der Waals surface area (Å²) in [5.41, 5.74) is 1.09. The van der Waals surface area contributed by atoms with Crippen molar-refractivity contribution >= 4 is 0 Å². The third-order valence-electron chi connectivity index (χ3n) is 1.74. The Morgan fingerprint density at radius 1 is 1.42 bits per heavy atom. The topological polar surface area (TPSA) is 0 Å². The molecule has 0 aliphatic carbocycles. The van der Waals surface area contributed by atoms with E-state index in [-0.39, 0.29) is 11.7 Å². The van der Waals surface area contributed by atoms with E-state index in [1.807, 2.05) is 6.92 Å². The van der Waals surface area contributed by atoms with E-state index in [4.69, 9.17) is 6.42 Å². The van der Waals surface area contributed by atoms with Crippen molar-refractivity contribution < 1.29 is 4.39 Å². The average Bonchev–Trinajstić information content (AvgIpc) is 2.09. The fraction of sp³-hybridized carbons (Fsp3) is 0.273. The molecule has 1 unspecified atom stereocenters. The third kappa shape index (κ3) is 2.39. The molecule has 0 saturated heterocycles. The summed E-state index contributed by atoms with van der Waals surface area (Å²) in [4.78, 5) is 0. The number of benzene rings is 1. The molecule has 0 radical (unpaired) electrons. The van der Waals surface area contributed by atoms with Gasteiger partial charge in [0.05, 0.1) is 0 Å². The van der Waals surface area contributed by atoms with Crippen LogP contribution in [0.25, 0.3) is 0 Å². The summed E-state index contributed by atoms with van der Waals surface area (Å²) in [6.45, 7) is 1.98. The van der Waals surface area contributed by atoms with Crippen molar-refractivity contribution in [1.82, 2.24) is 0 Å². The molecule has 62 valence electrons. The average molecular weight is 162 g/mol. The molecule has 0 spiro atoms. The molecule has 0 aromatic heterocycles. The summed E-state index contributed by atoms with van der Waals surface area (Å²) in [6, 6.07) is 6.45. The molecule has 0 nitrogen and oxygen atoms in total. The van der Waals surface area contributed by atoms with Crippen LogP contribution in [0, 0.1) is 24.1 Å². The Kier molecular flexibility index (Phi) is 2.88. The summed E-state index contributed by atoms with van der Waals surface area (Å²) in [5, 5.41) is 0. The SMILES string of the molecule is C#CC(C)Cc1ccc(F)cc1. The molecule has 0 fully saturated rings. The van der Waals surface area contributed by atoms with Crippen molar-refractivity contribution in [1.29, 1.82) is 0 Å². The maximum atomic E-state index is 12.5. The van der Waals surface area contributed by atoms with Gasteiger partial charge in [-0.15, -0.1) is 12.3 Å². The van der Waals surface area contributed by atoms with Gasteiger partial charge in [-0.25, -0.2) is 4.39 Å². The van der Waals surface area contributed by atoms with Crippen molar-refractivity contribution in [3.05, 3.63) is 35.6 Å². The van der Waals surface area contributed by atoms with Crippen LogP contribution in [0.2, 0.25) is 0 Å². The fourth-order valence-corrected chi connectivity index (χ4v) is 1.03. The first-order valence-corrected chi connectivity index (χ1v) is 3.93. The monoisotopic (exact) mass is 162 g/mol. The molecule has 1 atom stereocenters. The molecule has 1 heteroatoms. The molecule has 0 N–H and O–H groups in total. The van der Waals surface area contributed by atoms with Crippen molar-refractivity contribution in [3.63, 3.8) is 0 Å². The number of halogens is 1. The van der Waals surface area contributed by atoms with Gasteiger partial charge < -0.3 is 0 Å². The molecule has 0 aliphatic heterocycles. The predicted molar refractivity (Wildman–Crippen MR) is 48.1 cm³/mol. The molecular weight excluding hydrogens is 151 g/mol. The molecule has 12 heavy (non-hydrogen) atoms. The highest BCUT2D eigenvalue weighted by atomic mass is 19.1. The molecule has 0 bridgehead atoms. The van der Waals surface area contributed by atoms with E-state index in [0.29, 0.717) is 0 Å². The summed E-state index contributed by atoms with van der Waals surface area (Å²) in [6.07, 6.45) is 6.04. The Balaban J connectivity index is 2.66. The van der Waals surface area contributed by atoms with Crippen LogP contribution < -0.4 is 0 Å². The zero-order valence-electron chi connectivity index (χ0n) is 7.05. The van der Waals surface area contributed by atoms with Crippen molar-refractivity contribution in [3.8, 4) is 12.3 Å². The first-order chi connectivity index (χ1) is 5.72. The Hall–Kier alpha value is -1.29. The molecule has 0 heterocycles. The van der Waals surface area contributed by atoms with Gasteiger partial charge in [0.1, 0.15) is 5.82 Å². The second-order valence-corrected chi connectivity index (χ2v) is 2.90. The van der Waals surface area contributed by atoms with E-state index in [9.17, 15) is 4.39 Å². The number of rotatable bonds is 2. The van der Waals surface area contributed by atoms with Gasteiger partial charge in [-0.3, -0.25) is 0 Å². The molecule has 1 aromatic rings. The number of hydrogen-bond acceptors (Lipinski definition) is 0. The maximum Gasteiger partial charge on any atom is 0.123 e. The molecule has 0 amide bonds. The van der Waals surface area contributed by atoms with Gasteiger partial charge in [-0.2, -0.15) is 0 Å². The predicted octanol–water partition coefficient (Wildman–Crippen LogP) is 2.64. The van der Waals surface area contributed by atoms with E-state index in [1.54, 1.807) is 12.1 Å². The number of terminal acetylenes is 1. The second kappa shape index (κ2) is 3.92.